The van der Waals surface area contributed by atoms with Crippen molar-refractivity contribution in [2.75, 3.05) is 11.8 Å². The van der Waals surface area contributed by atoms with E-state index in [1.54, 1.807) is 12.1 Å². The van der Waals surface area contributed by atoms with Crippen molar-refractivity contribution in [3.05, 3.63) is 44.1 Å². The molecule has 4 nitrogen and oxygen atoms in total. The van der Waals surface area contributed by atoms with Gasteiger partial charge in [-0.15, -0.1) is 11.3 Å². The van der Waals surface area contributed by atoms with Crippen molar-refractivity contribution in [2.45, 2.75) is 25.3 Å². The van der Waals surface area contributed by atoms with Gasteiger partial charge in [-0.25, -0.2) is 8.42 Å². The van der Waals surface area contributed by atoms with E-state index in [-0.39, 0.29) is 0 Å². The van der Waals surface area contributed by atoms with Gasteiger partial charge in [-0.2, -0.15) is 0 Å². The zero-order valence-corrected chi connectivity index (χ0v) is 15.2. The second-order valence-corrected chi connectivity index (χ2v) is 8.60. The molecule has 0 atom stereocenters. The normalized spacial score (nSPS) is 11.6. The number of aryl methyl sites for hydroxylation is 2. The molecule has 2 aromatic rings. The number of hydrogen-bond donors (Lipinski definition) is 2. The van der Waals surface area contributed by atoms with Crippen LogP contribution in [0.4, 0.5) is 5.69 Å². The Hall–Kier alpha value is -0.890. The van der Waals surface area contributed by atoms with E-state index in [1.165, 1.54) is 11.3 Å². The molecule has 21 heavy (non-hydrogen) atoms. The van der Waals surface area contributed by atoms with Gasteiger partial charge in [0, 0.05) is 20.8 Å². The molecule has 0 bridgehead atoms. The Kier molecular flexibility index (Phi) is 5.08. The van der Waals surface area contributed by atoms with Crippen LogP contribution in [0.25, 0.3) is 0 Å². The SMILES string of the molecule is CNCc1cc(S(=O)(=O)Nc2cc(C)ccc2Br)c(C)s1. The first-order chi connectivity index (χ1) is 9.83. The highest BCUT2D eigenvalue weighted by Crippen LogP contribution is 2.30. The van der Waals surface area contributed by atoms with Crippen molar-refractivity contribution >= 4 is 43.0 Å². The van der Waals surface area contributed by atoms with Crippen LogP contribution in [0.2, 0.25) is 0 Å². The lowest BCUT2D eigenvalue weighted by Gasteiger charge is -2.10. The first-order valence-corrected chi connectivity index (χ1v) is 9.45. The largest absolute Gasteiger partial charge is 0.315 e. The van der Waals surface area contributed by atoms with Crippen LogP contribution in [0.1, 0.15) is 15.3 Å². The topological polar surface area (TPSA) is 58.2 Å². The second-order valence-electron chi connectivity index (χ2n) is 4.75. The summed E-state index contributed by atoms with van der Waals surface area (Å²) in [6.45, 7) is 4.41. The zero-order chi connectivity index (χ0) is 15.6. The molecule has 0 unspecified atom stereocenters. The molecule has 2 rings (SSSR count). The van der Waals surface area contributed by atoms with Gasteiger partial charge in [0.2, 0.25) is 0 Å². The van der Waals surface area contributed by atoms with E-state index in [9.17, 15) is 8.42 Å². The van der Waals surface area contributed by atoms with Crippen LogP contribution in [0.5, 0.6) is 0 Å². The van der Waals surface area contributed by atoms with E-state index >= 15 is 0 Å². The molecule has 7 heteroatoms. The molecule has 0 fully saturated rings. The smallest absolute Gasteiger partial charge is 0.263 e. The van der Waals surface area contributed by atoms with Crippen LogP contribution in [-0.4, -0.2) is 15.5 Å². The van der Waals surface area contributed by atoms with Crippen molar-refractivity contribution in [1.29, 1.82) is 0 Å². The van der Waals surface area contributed by atoms with Crippen LogP contribution in [0, 0.1) is 13.8 Å². The summed E-state index contributed by atoms with van der Waals surface area (Å²) in [6.07, 6.45) is 0. The molecule has 0 aliphatic carbocycles. The number of benzene rings is 1. The molecule has 0 aliphatic rings. The van der Waals surface area contributed by atoms with Crippen LogP contribution in [-0.2, 0) is 16.6 Å². The van der Waals surface area contributed by atoms with Gasteiger partial charge >= 0.3 is 0 Å². The molecule has 0 spiro atoms. The van der Waals surface area contributed by atoms with Crippen molar-refractivity contribution < 1.29 is 8.42 Å². The average molecular weight is 389 g/mol. The molecule has 0 saturated carbocycles. The molecule has 0 amide bonds. The Labute approximate surface area is 137 Å². The molecule has 114 valence electrons. The second kappa shape index (κ2) is 6.48. The van der Waals surface area contributed by atoms with Gasteiger partial charge in [-0.1, -0.05) is 6.07 Å². The van der Waals surface area contributed by atoms with Gasteiger partial charge in [0.25, 0.3) is 10.0 Å². The summed E-state index contributed by atoms with van der Waals surface area (Å²) >= 11 is 4.86. The molecule has 0 saturated heterocycles. The van der Waals surface area contributed by atoms with E-state index in [1.807, 2.05) is 33.0 Å². The zero-order valence-electron chi connectivity index (χ0n) is 12.0. The van der Waals surface area contributed by atoms with Gasteiger partial charge < -0.3 is 5.32 Å². The molecular formula is C14H17BrN2O2S2. The minimum atomic E-state index is -3.58. The summed E-state index contributed by atoms with van der Waals surface area (Å²) < 4.78 is 28.5. The lowest BCUT2D eigenvalue weighted by Crippen LogP contribution is -2.13. The summed E-state index contributed by atoms with van der Waals surface area (Å²) in [7, 11) is -1.74. The van der Waals surface area contributed by atoms with Crippen molar-refractivity contribution in [3.63, 3.8) is 0 Å². The van der Waals surface area contributed by atoms with E-state index < -0.39 is 10.0 Å². The number of nitrogens with one attached hydrogen (secondary N) is 2. The van der Waals surface area contributed by atoms with Gasteiger partial charge in [0.1, 0.15) is 4.90 Å². The molecule has 0 radical (unpaired) electrons. The Balaban J connectivity index is 2.36. The number of rotatable bonds is 5. The van der Waals surface area contributed by atoms with Crippen LogP contribution < -0.4 is 10.0 Å². The van der Waals surface area contributed by atoms with Crippen molar-refractivity contribution in [1.82, 2.24) is 5.32 Å². The van der Waals surface area contributed by atoms with Crippen LogP contribution in [0.15, 0.2) is 33.6 Å². The Morgan fingerprint density at radius 3 is 2.62 bits per heavy atom. The lowest BCUT2D eigenvalue weighted by molar-refractivity contribution is 0.601. The van der Waals surface area contributed by atoms with E-state index in [0.29, 0.717) is 17.1 Å². The van der Waals surface area contributed by atoms with Gasteiger partial charge in [0.15, 0.2) is 0 Å². The van der Waals surface area contributed by atoms with Crippen molar-refractivity contribution in [3.8, 4) is 0 Å². The standard InChI is InChI=1S/C14H17BrN2O2S2/c1-9-4-5-12(15)13(6-9)17-21(18,19)14-7-11(8-16-3)20-10(14)2/h4-7,16-17H,8H2,1-3H3. The fraction of sp³-hybridized carbons (Fsp3) is 0.286. The molecule has 1 heterocycles. The highest BCUT2D eigenvalue weighted by atomic mass is 79.9. The third kappa shape index (κ3) is 3.85. The Morgan fingerprint density at radius 2 is 1.95 bits per heavy atom. The predicted octanol–water partition coefficient (Wildman–Crippen LogP) is 3.65. The quantitative estimate of drug-likeness (QED) is 0.821. The monoisotopic (exact) mass is 388 g/mol. The summed E-state index contributed by atoms with van der Waals surface area (Å²) in [6, 6.07) is 7.28. The minimum absolute atomic E-state index is 0.339. The van der Waals surface area contributed by atoms with Gasteiger partial charge in [-0.3, -0.25) is 4.72 Å². The van der Waals surface area contributed by atoms with Gasteiger partial charge in [0.05, 0.1) is 5.69 Å². The molecular weight excluding hydrogens is 372 g/mol. The highest BCUT2D eigenvalue weighted by Gasteiger charge is 2.20. The summed E-state index contributed by atoms with van der Waals surface area (Å²) in [5, 5.41) is 3.03. The summed E-state index contributed by atoms with van der Waals surface area (Å²) in [5.41, 5.74) is 1.55. The fourth-order valence-electron chi connectivity index (χ4n) is 1.97. The number of sulfonamides is 1. The van der Waals surface area contributed by atoms with Crippen LogP contribution in [0.3, 0.4) is 0 Å². The first kappa shape index (κ1) is 16.5. The number of anilines is 1. The third-order valence-electron chi connectivity index (χ3n) is 2.93. The first-order valence-electron chi connectivity index (χ1n) is 6.36. The van der Waals surface area contributed by atoms with E-state index in [0.717, 1.165) is 19.8 Å². The van der Waals surface area contributed by atoms with Gasteiger partial charge in [-0.05, 0) is 60.6 Å². The third-order valence-corrected chi connectivity index (χ3v) is 6.29. The maximum absolute atomic E-state index is 12.6. The Morgan fingerprint density at radius 1 is 1.24 bits per heavy atom. The van der Waals surface area contributed by atoms with Crippen molar-refractivity contribution in [2.24, 2.45) is 0 Å². The lowest BCUT2D eigenvalue weighted by atomic mass is 10.2. The maximum Gasteiger partial charge on any atom is 0.263 e. The summed E-state index contributed by atoms with van der Waals surface area (Å²) in [4.78, 5) is 2.13. The van der Waals surface area contributed by atoms with E-state index in [4.69, 9.17) is 0 Å². The van der Waals surface area contributed by atoms with E-state index in [2.05, 4.69) is 26.0 Å². The maximum atomic E-state index is 12.6. The summed E-state index contributed by atoms with van der Waals surface area (Å²) in [5.74, 6) is 0. The highest BCUT2D eigenvalue weighted by molar-refractivity contribution is 9.10. The minimum Gasteiger partial charge on any atom is -0.315 e. The average Bonchev–Trinajstić information content (AvgIpc) is 2.76. The molecule has 1 aromatic carbocycles. The predicted molar refractivity (Wildman–Crippen MR) is 91.5 cm³/mol. The Bertz CT molecular complexity index is 754. The fourth-order valence-corrected chi connectivity index (χ4v) is 5.17. The molecule has 0 aliphatic heterocycles. The number of halogens is 1. The molecule has 2 N–H and O–H groups in total. The molecule has 1 aromatic heterocycles. The van der Waals surface area contributed by atoms with Crippen LogP contribution >= 0.6 is 27.3 Å². The number of thiophene rings is 1. The number of hydrogen-bond acceptors (Lipinski definition) is 4.